The lowest BCUT2D eigenvalue weighted by Crippen LogP contribution is -2.55. The van der Waals surface area contributed by atoms with Gasteiger partial charge in [-0.2, -0.15) is 4.65 Å². The van der Waals surface area contributed by atoms with Crippen molar-refractivity contribution in [2.75, 3.05) is 33.2 Å². The van der Waals surface area contributed by atoms with Gasteiger partial charge in [0.25, 0.3) is 0 Å². The van der Waals surface area contributed by atoms with E-state index in [2.05, 4.69) is 4.90 Å². The van der Waals surface area contributed by atoms with Gasteiger partial charge in [0.15, 0.2) is 6.29 Å². The van der Waals surface area contributed by atoms with E-state index in [1.807, 2.05) is 7.05 Å². The Balaban J connectivity index is 2.41. The normalized spacial score (nSPS) is 24.9. The maximum Gasteiger partial charge on any atom is 0.236 e. The van der Waals surface area contributed by atoms with Gasteiger partial charge < -0.3 is 0 Å². The lowest BCUT2D eigenvalue weighted by atomic mass is 10.3. The molecule has 0 aromatic rings. The Morgan fingerprint density at radius 3 is 2.45 bits per heavy atom. The highest BCUT2D eigenvalue weighted by molar-refractivity contribution is 5.57. The van der Waals surface area contributed by atoms with Crippen molar-refractivity contribution >= 4 is 6.29 Å². The average Bonchev–Trinajstić information content (AvgIpc) is 1.97. The van der Waals surface area contributed by atoms with Crippen LogP contribution in [0, 0.1) is 6.54 Å². The highest BCUT2D eigenvalue weighted by Gasteiger charge is 2.30. The molecule has 0 atom stereocenters. The molecule has 0 saturated carbocycles. The second kappa shape index (κ2) is 3.30. The van der Waals surface area contributed by atoms with Crippen LogP contribution in [0.15, 0.2) is 0 Å². The van der Waals surface area contributed by atoms with Gasteiger partial charge >= 0.3 is 0 Å². The van der Waals surface area contributed by atoms with Gasteiger partial charge in [-0.1, -0.05) is 0 Å². The number of hydrogen-bond acceptors (Lipinski definition) is 3. The number of hydroxylamine groups is 3. The first kappa shape index (κ1) is 8.64. The van der Waals surface area contributed by atoms with E-state index in [-0.39, 0.29) is 4.65 Å². The van der Waals surface area contributed by atoms with Crippen LogP contribution in [0.5, 0.6) is 0 Å². The van der Waals surface area contributed by atoms with Crippen molar-refractivity contribution in [3.63, 3.8) is 0 Å². The Kier molecular flexibility index (Phi) is 2.59. The quantitative estimate of drug-likeness (QED) is 0.435. The van der Waals surface area contributed by atoms with Gasteiger partial charge in [-0.25, -0.2) is 5.21 Å². The van der Waals surface area contributed by atoms with E-state index in [1.165, 1.54) is 6.54 Å². The third-order valence-corrected chi connectivity index (χ3v) is 2.08. The van der Waals surface area contributed by atoms with Crippen LogP contribution in [0.1, 0.15) is 0 Å². The Labute approximate surface area is 66.6 Å². The minimum atomic E-state index is -0.201. The first-order valence-corrected chi connectivity index (χ1v) is 3.74. The maximum atomic E-state index is 10.1. The minimum Gasteiger partial charge on any atom is -0.296 e. The molecule has 1 N–H and O–H groups in total. The molecule has 1 fully saturated rings. The van der Waals surface area contributed by atoms with Crippen LogP contribution in [0.4, 0.5) is 0 Å². The Hall–Kier alpha value is -0.450. The Morgan fingerprint density at radius 1 is 1.45 bits per heavy atom. The first-order chi connectivity index (χ1) is 5.16. The molecule has 0 aliphatic carbocycles. The Morgan fingerprint density at radius 2 is 2.00 bits per heavy atom. The third kappa shape index (κ3) is 2.25. The average molecular weight is 158 g/mol. The van der Waals surface area contributed by atoms with Gasteiger partial charge in [0.1, 0.15) is 13.1 Å². The zero-order valence-corrected chi connectivity index (χ0v) is 6.73. The molecule has 1 aliphatic heterocycles. The van der Waals surface area contributed by atoms with E-state index in [9.17, 15) is 10.0 Å². The molecule has 0 spiro atoms. The molecule has 1 heterocycles. The van der Waals surface area contributed by atoms with Crippen LogP contribution < -0.4 is 0 Å². The zero-order chi connectivity index (χ0) is 8.32. The highest BCUT2D eigenvalue weighted by Crippen LogP contribution is 2.08. The van der Waals surface area contributed by atoms with Crippen LogP contribution in [0.25, 0.3) is 0 Å². The van der Waals surface area contributed by atoms with Crippen LogP contribution in [0.2, 0.25) is 0 Å². The number of quaternary nitrogens is 1. The molecule has 0 aromatic heterocycles. The summed E-state index contributed by atoms with van der Waals surface area (Å²) in [6, 6.07) is 0. The summed E-state index contributed by atoms with van der Waals surface area (Å²) in [7, 11) is 2.00. The number of likely N-dealkylation sites (N-methyl/N-ethyl adjacent to an activating group) is 1. The third-order valence-electron chi connectivity index (χ3n) is 2.08. The topological polar surface area (TPSA) is 40.5 Å². The SMILES string of the molecule is CN1CC[N+](O)([CH]C=O)CC1. The van der Waals surface area contributed by atoms with E-state index < -0.39 is 0 Å². The number of piperazine rings is 1. The van der Waals surface area contributed by atoms with E-state index in [0.29, 0.717) is 19.4 Å². The van der Waals surface area contributed by atoms with Crippen LogP contribution >= 0.6 is 0 Å². The predicted molar refractivity (Wildman–Crippen MR) is 39.6 cm³/mol. The molecular formula is C7H14N2O2+. The molecule has 1 aliphatic rings. The van der Waals surface area contributed by atoms with Crippen LogP contribution in [-0.4, -0.2) is 54.3 Å². The van der Waals surface area contributed by atoms with Gasteiger partial charge in [-0.3, -0.25) is 9.69 Å². The number of rotatable bonds is 2. The van der Waals surface area contributed by atoms with Gasteiger partial charge in [0.2, 0.25) is 6.54 Å². The summed E-state index contributed by atoms with van der Waals surface area (Å²) in [4.78, 5) is 12.2. The van der Waals surface area contributed by atoms with Crippen molar-refractivity contribution in [3.05, 3.63) is 6.54 Å². The molecule has 0 amide bonds. The fourth-order valence-corrected chi connectivity index (χ4v) is 1.17. The summed E-state index contributed by atoms with van der Waals surface area (Å²) >= 11 is 0. The lowest BCUT2D eigenvalue weighted by Gasteiger charge is -2.34. The Bertz CT molecular complexity index is 141. The van der Waals surface area contributed by atoms with E-state index in [0.717, 1.165) is 13.1 Å². The van der Waals surface area contributed by atoms with Gasteiger partial charge in [0.05, 0.1) is 13.1 Å². The second-order valence-electron chi connectivity index (χ2n) is 3.02. The minimum absolute atomic E-state index is 0.201. The molecule has 1 saturated heterocycles. The summed E-state index contributed by atoms with van der Waals surface area (Å²) < 4.78 is -0.201. The van der Waals surface area contributed by atoms with Crippen molar-refractivity contribution in [3.8, 4) is 0 Å². The zero-order valence-electron chi connectivity index (χ0n) is 6.73. The first-order valence-electron chi connectivity index (χ1n) is 3.74. The number of carbonyl (C=O) groups is 1. The fourth-order valence-electron chi connectivity index (χ4n) is 1.17. The van der Waals surface area contributed by atoms with Crippen molar-refractivity contribution in [2.45, 2.75) is 0 Å². The molecular weight excluding hydrogens is 144 g/mol. The molecule has 63 valence electrons. The van der Waals surface area contributed by atoms with Crippen LogP contribution in [0.3, 0.4) is 0 Å². The highest BCUT2D eigenvalue weighted by atomic mass is 16.5. The summed E-state index contributed by atoms with van der Waals surface area (Å²) in [6.07, 6.45) is 0.658. The largest absolute Gasteiger partial charge is 0.296 e. The van der Waals surface area contributed by atoms with E-state index >= 15 is 0 Å². The monoisotopic (exact) mass is 158 g/mol. The van der Waals surface area contributed by atoms with Gasteiger partial charge in [-0.05, 0) is 7.05 Å². The van der Waals surface area contributed by atoms with Gasteiger partial charge in [-0.15, -0.1) is 0 Å². The van der Waals surface area contributed by atoms with E-state index in [4.69, 9.17) is 0 Å². The number of hydrogen-bond donors (Lipinski definition) is 1. The van der Waals surface area contributed by atoms with Crippen molar-refractivity contribution in [1.82, 2.24) is 4.90 Å². The fraction of sp³-hybridized carbons (Fsp3) is 0.714. The molecule has 0 aromatic carbocycles. The summed E-state index contributed by atoms with van der Waals surface area (Å²) in [6.45, 7) is 4.18. The van der Waals surface area contributed by atoms with Crippen molar-refractivity contribution in [1.29, 1.82) is 0 Å². The molecule has 4 nitrogen and oxygen atoms in total. The lowest BCUT2D eigenvalue weighted by molar-refractivity contribution is -1.08. The predicted octanol–water partition coefficient (Wildman–Crippen LogP) is -0.502. The smallest absolute Gasteiger partial charge is 0.236 e. The maximum absolute atomic E-state index is 10.1. The standard InChI is InChI=1S/C7H14N2O2/c1-8-2-4-9(11,5-3-8)6-7-10/h6-7,11H,2-5H2,1H3/q+1. The second-order valence-corrected chi connectivity index (χ2v) is 3.02. The molecule has 1 radical (unpaired) electrons. The summed E-state index contributed by atoms with van der Waals surface area (Å²) in [5.41, 5.74) is 0. The molecule has 0 unspecified atom stereocenters. The van der Waals surface area contributed by atoms with Crippen molar-refractivity contribution < 1.29 is 14.6 Å². The van der Waals surface area contributed by atoms with Crippen LogP contribution in [-0.2, 0) is 4.79 Å². The summed E-state index contributed by atoms with van der Waals surface area (Å²) in [5.74, 6) is 0. The van der Waals surface area contributed by atoms with Crippen molar-refractivity contribution in [2.24, 2.45) is 0 Å². The van der Waals surface area contributed by atoms with Gasteiger partial charge in [0, 0.05) is 0 Å². The molecule has 4 heteroatoms. The van der Waals surface area contributed by atoms with E-state index in [1.54, 1.807) is 0 Å². The molecule has 1 rings (SSSR count). The summed E-state index contributed by atoms with van der Waals surface area (Å²) in [5, 5.41) is 9.61. The number of aldehydes is 1. The molecule has 11 heavy (non-hydrogen) atoms. The number of carbonyl (C=O) groups excluding carboxylic acids is 1. The number of nitrogens with zero attached hydrogens (tertiary/aromatic N) is 2. The molecule has 0 bridgehead atoms.